The van der Waals surface area contributed by atoms with Crippen LogP contribution in [0, 0.1) is 11.8 Å². The molecule has 2 atom stereocenters. The lowest BCUT2D eigenvalue weighted by Crippen LogP contribution is -2.42. The minimum absolute atomic E-state index is 0.207. The van der Waals surface area contributed by atoms with Crippen LogP contribution < -0.4 is 0 Å². The zero-order valence-corrected chi connectivity index (χ0v) is 12.1. The predicted molar refractivity (Wildman–Crippen MR) is 66.4 cm³/mol. The van der Waals surface area contributed by atoms with E-state index in [-0.39, 0.29) is 12.0 Å². The van der Waals surface area contributed by atoms with E-state index in [0.717, 1.165) is 21.3 Å². The van der Waals surface area contributed by atoms with Crippen molar-refractivity contribution < 1.29 is 38.1 Å². The first-order valence-corrected chi connectivity index (χ1v) is 6.13. The number of ether oxygens (including phenoxy) is 4. The van der Waals surface area contributed by atoms with Crippen LogP contribution in [0.2, 0.25) is 0 Å². The van der Waals surface area contributed by atoms with Crippen molar-refractivity contribution in [1.29, 1.82) is 0 Å². The van der Waals surface area contributed by atoms with Crippen LogP contribution in [-0.2, 0) is 38.1 Å². The standard InChI is InChI=1S/C13H16O8/c1-5-6-7(10(14)18-2)9(13(17)20-4)21-12(16)8(6)11(15)19-3/h6,8H,5H2,1-4H3. The number of rotatable bonds is 4. The highest BCUT2D eigenvalue weighted by molar-refractivity contribution is 6.07. The zero-order chi connectivity index (χ0) is 16.2. The third-order valence-corrected chi connectivity index (χ3v) is 3.15. The lowest BCUT2D eigenvalue weighted by Gasteiger charge is -2.29. The number of methoxy groups -OCH3 is 3. The molecule has 0 radical (unpaired) electrons. The van der Waals surface area contributed by atoms with Gasteiger partial charge in [0.2, 0.25) is 5.76 Å². The number of hydrogen-bond donors (Lipinski definition) is 0. The van der Waals surface area contributed by atoms with Crippen LogP contribution in [0.5, 0.6) is 0 Å². The van der Waals surface area contributed by atoms with Gasteiger partial charge in [0.15, 0.2) is 5.92 Å². The number of hydrogen-bond acceptors (Lipinski definition) is 8. The Labute approximate surface area is 121 Å². The maximum absolute atomic E-state index is 11.9. The van der Waals surface area contributed by atoms with Crippen LogP contribution in [-0.4, -0.2) is 45.2 Å². The Morgan fingerprint density at radius 3 is 2.05 bits per heavy atom. The molecule has 0 N–H and O–H groups in total. The van der Waals surface area contributed by atoms with Crippen LogP contribution in [0.25, 0.3) is 0 Å². The van der Waals surface area contributed by atoms with E-state index >= 15 is 0 Å². The van der Waals surface area contributed by atoms with Crippen molar-refractivity contribution in [1.82, 2.24) is 0 Å². The fourth-order valence-electron chi connectivity index (χ4n) is 2.14. The summed E-state index contributed by atoms with van der Waals surface area (Å²) in [6.45, 7) is 1.65. The largest absolute Gasteiger partial charge is 0.468 e. The summed E-state index contributed by atoms with van der Waals surface area (Å²) in [5, 5.41) is 0. The van der Waals surface area contributed by atoms with Gasteiger partial charge in [0.1, 0.15) is 0 Å². The van der Waals surface area contributed by atoms with Gasteiger partial charge in [-0.15, -0.1) is 0 Å². The van der Waals surface area contributed by atoms with Crippen molar-refractivity contribution in [3.63, 3.8) is 0 Å². The van der Waals surface area contributed by atoms with Crippen LogP contribution >= 0.6 is 0 Å². The third-order valence-electron chi connectivity index (χ3n) is 3.15. The summed E-state index contributed by atoms with van der Waals surface area (Å²) in [5.41, 5.74) is -0.207. The molecule has 0 aromatic carbocycles. The predicted octanol–water partition coefficient (Wildman–Crippen LogP) is -0.0413. The molecule has 1 aliphatic rings. The molecule has 0 aliphatic carbocycles. The second-order valence-electron chi connectivity index (χ2n) is 4.16. The molecule has 0 spiro atoms. The third kappa shape index (κ3) is 3.04. The second kappa shape index (κ2) is 6.87. The SMILES string of the molecule is CCC1C(C(=O)OC)=C(C(=O)OC)OC(=O)C1C(=O)OC. The van der Waals surface area contributed by atoms with Gasteiger partial charge in [-0.1, -0.05) is 6.92 Å². The lowest BCUT2D eigenvalue weighted by atomic mass is 9.81. The van der Waals surface area contributed by atoms with E-state index in [1.165, 1.54) is 0 Å². The summed E-state index contributed by atoms with van der Waals surface area (Å²) >= 11 is 0. The Balaban J connectivity index is 3.45. The molecule has 0 aromatic rings. The average Bonchev–Trinajstić information content (AvgIpc) is 2.51. The first kappa shape index (κ1) is 16.7. The molecule has 21 heavy (non-hydrogen) atoms. The summed E-state index contributed by atoms with van der Waals surface area (Å²) in [6.07, 6.45) is 0.222. The molecular weight excluding hydrogens is 284 g/mol. The highest BCUT2D eigenvalue weighted by atomic mass is 16.6. The van der Waals surface area contributed by atoms with Crippen molar-refractivity contribution in [3.05, 3.63) is 11.3 Å². The van der Waals surface area contributed by atoms with Gasteiger partial charge in [-0.05, 0) is 6.42 Å². The number of carbonyl (C=O) groups is 4. The van der Waals surface area contributed by atoms with E-state index in [1.54, 1.807) is 6.92 Å². The van der Waals surface area contributed by atoms with Crippen LogP contribution in [0.4, 0.5) is 0 Å². The van der Waals surface area contributed by atoms with E-state index < -0.39 is 41.5 Å². The molecule has 116 valence electrons. The molecule has 0 fully saturated rings. The molecule has 0 aromatic heterocycles. The van der Waals surface area contributed by atoms with E-state index in [2.05, 4.69) is 14.2 Å². The Morgan fingerprint density at radius 1 is 1.05 bits per heavy atom. The lowest BCUT2D eigenvalue weighted by molar-refractivity contribution is -0.166. The molecule has 0 saturated carbocycles. The minimum Gasteiger partial charge on any atom is -0.468 e. The maximum Gasteiger partial charge on any atom is 0.374 e. The van der Waals surface area contributed by atoms with Crippen molar-refractivity contribution in [2.45, 2.75) is 13.3 Å². The highest BCUT2D eigenvalue weighted by Crippen LogP contribution is 2.35. The molecule has 8 heteroatoms. The summed E-state index contributed by atoms with van der Waals surface area (Å²) < 4.78 is 18.4. The van der Waals surface area contributed by atoms with E-state index in [9.17, 15) is 19.2 Å². The quantitative estimate of drug-likeness (QED) is 0.404. The van der Waals surface area contributed by atoms with Gasteiger partial charge in [-0.3, -0.25) is 9.59 Å². The van der Waals surface area contributed by atoms with Gasteiger partial charge < -0.3 is 18.9 Å². The van der Waals surface area contributed by atoms with E-state index in [4.69, 9.17) is 4.74 Å². The second-order valence-corrected chi connectivity index (χ2v) is 4.16. The molecule has 0 amide bonds. The molecule has 0 saturated heterocycles. The Hall–Kier alpha value is -2.38. The number of esters is 4. The van der Waals surface area contributed by atoms with E-state index in [0.29, 0.717) is 0 Å². The fraction of sp³-hybridized carbons (Fsp3) is 0.538. The van der Waals surface area contributed by atoms with Crippen molar-refractivity contribution in [2.75, 3.05) is 21.3 Å². The topological polar surface area (TPSA) is 105 Å². The summed E-state index contributed by atoms with van der Waals surface area (Å²) in [4.78, 5) is 47.2. The summed E-state index contributed by atoms with van der Waals surface area (Å²) in [5.74, 6) is -6.46. The fourth-order valence-corrected chi connectivity index (χ4v) is 2.14. The molecule has 8 nitrogen and oxygen atoms in total. The Kier molecular flexibility index (Phi) is 5.45. The van der Waals surface area contributed by atoms with Gasteiger partial charge in [0.25, 0.3) is 0 Å². The zero-order valence-electron chi connectivity index (χ0n) is 12.1. The number of carbonyl (C=O) groups excluding carboxylic acids is 4. The number of cyclic esters (lactones) is 1. The first-order chi connectivity index (χ1) is 9.92. The molecule has 1 aliphatic heterocycles. The molecule has 1 rings (SSSR count). The molecule has 2 unspecified atom stereocenters. The van der Waals surface area contributed by atoms with Crippen LogP contribution in [0.15, 0.2) is 11.3 Å². The Morgan fingerprint density at radius 2 is 1.62 bits per heavy atom. The van der Waals surface area contributed by atoms with Crippen LogP contribution in [0.3, 0.4) is 0 Å². The van der Waals surface area contributed by atoms with Gasteiger partial charge in [-0.2, -0.15) is 0 Å². The normalized spacial score (nSPS) is 21.4. The van der Waals surface area contributed by atoms with Gasteiger partial charge in [0.05, 0.1) is 26.9 Å². The van der Waals surface area contributed by atoms with Gasteiger partial charge in [-0.25, -0.2) is 9.59 Å². The smallest absolute Gasteiger partial charge is 0.374 e. The summed E-state index contributed by atoms with van der Waals surface area (Å²) in [6, 6.07) is 0. The molecule has 1 heterocycles. The summed E-state index contributed by atoms with van der Waals surface area (Å²) in [7, 11) is 3.30. The van der Waals surface area contributed by atoms with Crippen molar-refractivity contribution >= 4 is 23.9 Å². The van der Waals surface area contributed by atoms with Crippen LogP contribution in [0.1, 0.15) is 13.3 Å². The van der Waals surface area contributed by atoms with E-state index in [1.807, 2.05) is 0 Å². The highest BCUT2D eigenvalue weighted by Gasteiger charge is 2.48. The molecule has 0 bridgehead atoms. The molecular formula is C13H16O8. The minimum atomic E-state index is -1.33. The maximum atomic E-state index is 11.9. The van der Waals surface area contributed by atoms with Crippen molar-refractivity contribution in [3.8, 4) is 0 Å². The van der Waals surface area contributed by atoms with Crippen molar-refractivity contribution in [2.24, 2.45) is 11.8 Å². The monoisotopic (exact) mass is 300 g/mol. The first-order valence-electron chi connectivity index (χ1n) is 6.13. The Bertz CT molecular complexity index is 504. The average molecular weight is 300 g/mol. The van der Waals surface area contributed by atoms with Gasteiger partial charge in [0, 0.05) is 5.92 Å². The van der Waals surface area contributed by atoms with Gasteiger partial charge >= 0.3 is 23.9 Å².